The average Bonchev–Trinajstić information content (AvgIpc) is 2.22. The van der Waals surface area contributed by atoms with Gasteiger partial charge in [0.25, 0.3) is 0 Å². The molecule has 0 radical (unpaired) electrons. The molecule has 1 aliphatic rings. The second kappa shape index (κ2) is 5.83. The Bertz CT molecular complexity index is 283. The highest BCUT2D eigenvalue weighted by atomic mass is 16.6. The third-order valence-electron chi connectivity index (χ3n) is 3.20. The van der Waals surface area contributed by atoms with Crippen LogP contribution in [0, 0.1) is 0 Å². The molecular weight excluding hydrogens is 204 g/mol. The smallest absolute Gasteiger partial charge is 0.303 e. The van der Waals surface area contributed by atoms with Gasteiger partial charge in [-0.15, -0.1) is 0 Å². The Hall–Kier alpha value is -1.12. The molecule has 3 heteroatoms. The maximum Gasteiger partial charge on any atom is 0.303 e. The van der Waals surface area contributed by atoms with E-state index in [0.717, 1.165) is 50.4 Å². The summed E-state index contributed by atoms with van der Waals surface area (Å²) in [5, 5.41) is 0. The van der Waals surface area contributed by atoms with Crippen molar-refractivity contribution in [2.45, 2.75) is 57.5 Å². The van der Waals surface area contributed by atoms with Crippen molar-refractivity contribution in [1.29, 1.82) is 0 Å². The van der Waals surface area contributed by atoms with Gasteiger partial charge < -0.3 is 9.53 Å². The predicted octanol–water partition coefficient (Wildman–Crippen LogP) is 2.79. The molecule has 1 atom stereocenters. The molecule has 0 aromatic carbocycles. The van der Waals surface area contributed by atoms with Gasteiger partial charge in [0.2, 0.25) is 0 Å². The van der Waals surface area contributed by atoms with Gasteiger partial charge in [-0.2, -0.15) is 0 Å². The molecule has 16 heavy (non-hydrogen) atoms. The van der Waals surface area contributed by atoms with Gasteiger partial charge in [0.15, 0.2) is 0 Å². The van der Waals surface area contributed by atoms with E-state index in [1.165, 1.54) is 6.92 Å². The van der Waals surface area contributed by atoms with Gasteiger partial charge in [-0.05, 0) is 44.1 Å². The van der Waals surface area contributed by atoms with Crippen LogP contribution in [0.15, 0.2) is 12.2 Å². The largest absolute Gasteiger partial charge is 0.455 e. The molecule has 0 aromatic heterocycles. The van der Waals surface area contributed by atoms with Crippen LogP contribution in [0.4, 0.5) is 0 Å². The number of ether oxygens (including phenoxy) is 1. The molecule has 0 amide bonds. The summed E-state index contributed by atoms with van der Waals surface area (Å²) in [5.74, 6) is -0.255. The predicted molar refractivity (Wildman–Crippen MR) is 62.0 cm³/mol. The van der Waals surface area contributed by atoms with E-state index < -0.39 is 5.60 Å². The first-order chi connectivity index (χ1) is 7.60. The van der Waals surface area contributed by atoms with E-state index in [4.69, 9.17) is 4.74 Å². The highest BCUT2D eigenvalue weighted by Crippen LogP contribution is 2.39. The minimum Gasteiger partial charge on any atom is -0.455 e. The Morgan fingerprint density at radius 1 is 1.56 bits per heavy atom. The molecule has 0 spiro atoms. The van der Waals surface area contributed by atoms with Crippen LogP contribution in [0.5, 0.6) is 0 Å². The lowest BCUT2D eigenvalue weighted by atomic mass is 9.77. The van der Waals surface area contributed by atoms with Crippen molar-refractivity contribution in [1.82, 2.24) is 0 Å². The summed E-state index contributed by atoms with van der Waals surface area (Å²) in [6, 6.07) is 0. The molecule has 1 rings (SSSR count). The summed E-state index contributed by atoms with van der Waals surface area (Å²) >= 11 is 0. The van der Waals surface area contributed by atoms with Gasteiger partial charge in [0.05, 0.1) is 0 Å². The lowest BCUT2D eigenvalue weighted by molar-refractivity contribution is -0.155. The van der Waals surface area contributed by atoms with Crippen molar-refractivity contribution in [2.75, 3.05) is 0 Å². The monoisotopic (exact) mass is 224 g/mol. The molecule has 0 aromatic rings. The number of rotatable bonds is 5. The van der Waals surface area contributed by atoms with Gasteiger partial charge in [-0.3, -0.25) is 4.79 Å². The third kappa shape index (κ3) is 3.19. The van der Waals surface area contributed by atoms with Crippen LogP contribution >= 0.6 is 0 Å². The fraction of sp³-hybridized carbons (Fsp3) is 0.692. The van der Waals surface area contributed by atoms with Crippen molar-refractivity contribution >= 4 is 12.3 Å². The number of carbonyl (C=O) groups is 2. The van der Waals surface area contributed by atoms with Crippen molar-refractivity contribution in [3.05, 3.63) is 12.2 Å². The second-order valence-corrected chi connectivity index (χ2v) is 4.46. The number of hydrogen-bond donors (Lipinski definition) is 0. The van der Waals surface area contributed by atoms with Gasteiger partial charge in [0, 0.05) is 13.3 Å². The van der Waals surface area contributed by atoms with Crippen LogP contribution in [0.2, 0.25) is 0 Å². The van der Waals surface area contributed by atoms with Gasteiger partial charge in [0.1, 0.15) is 11.9 Å². The normalized spacial score (nSPS) is 25.2. The average molecular weight is 224 g/mol. The highest BCUT2D eigenvalue weighted by molar-refractivity contribution is 5.67. The van der Waals surface area contributed by atoms with E-state index in [9.17, 15) is 9.59 Å². The summed E-state index contributed by atoms with van der Waals surface area (Å²) in [7, 11) is 0. The summed E-state index contributed by atoms with van der Waals surface area (Å²) in [5.41, 5.74) is 0.521. The molecule has 3 nitrogen and oxygen atoms in total. The summed E-state index contributed by atoms with van der Waals surface area (Å²) in [6.45, 7) is 5.47. The first kappa shape index (κ1) is 12.9. The lowest BCUT2D eigenvalue weighted by Crippen LogP contribution is -2.38. The van der Waals surface area contributed by atoms with E-state index >= 15 is 0 Å². The molecule has 0 N–H and O–H groups in total. The van der Waals surface area contributed by atoms with E-state index in [0.29, 0.717) is 6.42 Å². The van der Waals surface area contributed by atoms with E-state index in [-0.39, 0.29) is 5.97 Å². The van der Waals surface area contributed by atoms with Crippen molar-refractivity contribution in [3.63, 3.8) is 0 Å². The molecule has 0 saturated heterocycles. The second-order valence-electron chi connectivity index (χ2n) is 4.46. The van der Waals surface area contributed by atoms with Crippen molar-refractivity contribution < 1.29 is 14.3 Å². The summed E-state index contributed by atoms with van der Waals surface area (Å²) < 4.78 is 5.48. The summed E-state index contributed by atoms with van der Waals surface area (Å²) in [6.07, 6.45) is 6.88. The maximum absolute atomic E-state index is 11.2. The minimum absolute atomic E-state index is 0.255. The molecule has 90 valence electrons. The Morgan fingerprint density at radius 3 is 2.88 bits per heavy atom. The number of carbonyl (C=O) groups excluding carboxylic acids is 2. The standard InChI is InChI=1S/C13H20O3/c1-11-7-3-4-8-13(11,16-12(2)15)9-5-6-10-14/h10H,1,3-9H2,2H3. The molecule has 0 aliphatic heterocycles. The first-order valence-corrected chi connectivity index (χ1v) is 5.92. The van der Waals surface area contributed by atoms with Crippen LogP contribution in [0.1, 0.15) is 51.9 Å². The number of esters is 1. The Kier molecular flexibility index (Phi) is 4.71. The maximum atomic E-state index is 11.2. The fourth-order valence-corrected chi connectivity index (χ4v) is 2.38. The minimum atomic E-state index is -0.493. The van der Waals surface area contributed by atoms with Gasteiger partial charge in [-0.25, -0.2) is 0 Å². The highest BCUT2D eigenvalue weighted by Gasteiger charge is 2.37. The molecule has 1 aliphatic carbocycles. The quantitative estimate of drug-likeness (QED) is 0.312. The number of aldehydes is 1. The van der Waals surface area contributed by atoms with Crippen LogP contribution < -0.4 is 0 Å². The molecular formula is C13H20O3. The molecule has 0 bridgehead atoms. The van der Waals surface area contributed by atoms with Crippen molar-refractivity contribution in [2.24, 2.45) is 0 Å². The van der Waals surface area contributed by atoms with Crippen LogP contribution in [0.25, 0.3) is 0 Å². The van der Waals surface area contributed by atoms with E-state index in [1.54, 1.807) is 0 Å². The van der Waals surface area contributed by atoms with Crippen LogP contribution in [-0.2, 0) is 14.3 Å². The SMILES string of the molecule is C=C1CCCCC1(CCCC=O)OC(C)=O. The van der Waals surface area contributed by atoms with Gasteiger partial charge in [-0.1, -0.05) is 6.58 Å². The molecule has 1 saturated carbocycles. The molecule has 1 unspecified atom stereocenters. The summed E-state index contributed by atoms with van der Waals surface area (Å²) in [4.78, 5) is 21.5. The zero-order valence-electron chi connectivity index (χ0n) is 9.96. The zero-order valence-corrected chi connectivity index (χ0v) is 9.96. The topological polar surface area (TPSA) is 43.4 Å². The van der Waals surface area contributed by atoms with Gasteiger partial charge >= 0.3 is 5.97 Å². The molecule has 0 heterocycles. The zero-order chi connectivity index (χ0) is 12.0. The Balaban J connectivity index is 2.69. The number of unbranched alkanes of at least 4 members (excludes halogenated alkanes) is 1. The Morgan fingerprint density at radius 2 is 2.31 bits per heavy atom. The molecule has 1 fully saturated rings. The van der Waals surface area contributed by atoms with Crippen LogP contribution in [-0.4, -0.2) is 17.9 Å². The fourth-order valence-electron chi connectivity index (χ4n) is 2.38. The van der Waals surface area contributed by atoms with E-state index in [2.05, 4.69) is 6.58 Å². The van der Waals surface area contributed by atoms with Crippen LogP contribution in [0.3, 0.4) is 0 Å². The first-order valence-electron chi connectivity index (χ1n) is 5.92. The lowest BCUT2D eigenvalue weighted by Gasteiger charge is -2.38. The third-order valence-corrected chi connectivity index (χ3v) is 3.20. The Labute approximate surface area is 96.9 Å². The van der Waals surface area contributed by atoms with E-state index in [1.807, 2.05) is 0 Å². The number of hydrogen-bond acceptors (Lipinski definition) is 3. The van der Waals surface area contributed by atoms with Crippen molar-refractivity contribution in [3.8, 4) is 0 Å².